The second-order valence-corrected chi connectivity index (χ2v) is 6.60. The molecule has 0 aliphatic carbocycles. The number of phenols is 1. The van der Waals surface area contributed by atoms with Crippen LogP contribution in [0.5, 0.6) is 5.75 Å². The average Bonchev–Trinajstić information content (AvgIpc) is 2.60. The van der Waals surface area contributed by atoms with Crippen molar-refractivity contribution >= 4 is 5.69 Å². The van der Waals surface area contributed by atoms with Crippen LogP contribution >= 0.6 is 0 Å². The fourth-order valence-electron chi connectivity index (χ4n) is 3.80. The Balaban J connectivity index is 1.90. The quantitative estimate of drug-likeness (QED) is 0.600. The van der Waals surface area contributed by atoms with Gasteiger partial charge in [0.25, 0.3) is 0 Å². The lowest BCUT2D eigenvalue weighted by molar-refractivity contribution is -0.864. The van der Waals surface area contributed by atoms with Crippen LogP contribution in [0.2, 0.25) is 0 Å². The van der Waals surface area contributed by atoms with Crippen molar-refractivity contribution in [3.05, 3.63) is 64.4 Å². The third-order valence-electron chi connectivity index (χ3n) is 4.92. The molecule has 2 aliphatic heterocycles. The zero-order valence-corrected chi connectivity index (χ0v) is 12.7. The molecule has 1 fully saturated rings. The summed E-state index contributed by atoms with van der Waals surface area (Å²) in [5.74, 6) is 0.302. The van der Waals surface area contributed by atoms with Crippen LogP contribution in [0.1, 0.15) is 22.7 Å². The highest BCUT2D eigenvalue weighted by Crippen LogP contribution is 2.41. The Morgan fingerprint density at radius 2 is 2.00 bits per heavy atom. The predicted octanol–water partition coefficient (Wildman–Crippen LogP) is 2.80. The van der Waals surface area contributed by atoms with Crippen LogP contribution < -0.4 is 4.90 Å². The number of aromatic hydroxyl groups is 1. The molecule has 2 heterocycles. The molecular formula is C18H20N2O2. The van der Waals surface area contributed by atoms with Crippen molar-refractivity contribution < 1.29 is 9.75 Å². The number of nitrogens with zero attached hydrogens (tertiary/aromatic N) is 2. The highest BCUT2D eigenvalue weighted by atomic mass is 16.5. The number of anilines is 1. The summed E-state index contributed by atoms with van der Waals surface area (Å²) < 4.78 is -0.192. The van der Waals surface area contributed by atoms with Crippen molar-refractivity contribution in [3.63, 3.8) is 0 Å². The van der Waals surface area contributed by atoms with E-state index in [9.17, 15) is 10.3 Å². The Labute approximate surface area is 130 Å². The number of phenolic OH excluding ortho intramolecular Hbond substituents is 1. The molecular weight excluding hydrogens is 276 g/mol. The van der Waals surface area contributed by atoms with Crippen LogP contribution in [-0.4, -0.2) is 36.4 Å². The summed E-state index contributed by atoms with van der Waals surface area (Å²) in [6, 6.07) is 14.1. The van der Waals surface area contributed by atoms with E-state index < -0.39 is 0 Å². The highest BCUT2D eigenvalue weighted by molar-refractivity contribution is 5.62. The molecule has 4 heteroatoms. The Morgan fingerprint density at radius 3 is 2.86 bits per heavy atom. The van der Waals surface area contributed by atoms with Gasteiger partial charge in [0.2, 0.25) is 0 Å². The SMILES string of the molecule is C[N+]1([O-])CCN2c3ccc(O)cc3Cc3ccccc3[C@H]2C1. The molecule has 1 unspecified atom stereocenters. The Bertz CT molecular complexity index is 727. The summed E-state index contributed by atoms with van der Waals surface area (Å²) >= 11 is 0. The van der Waals surface area contributed by atoms with Gasteiger partial charge in [-0.2, -0.15) is 0 Å². The van der Waals surface area contributed by atoms with Gasteiger partial charge in [-0.25, -0.2) is 0 Å². The van der Waals surface area contributed by atoms with E-state index >= 15 is 0 Å². The van der Waals surface area contributed by atoms with Gasteiger partial charge in [-0.15, -0.1) is 0 Å². The first kappa shape index (κ1) is 13.6. The molecule has 1 saturated heterocycles. The van der Waals surface area contributed by atoms with E-state index in [1.807, 2.05) is 24.3 Å². The number of likely N-dealkylation sites (N-methyl/N-ethyl adjacent to an activating group) is 1. The number of benzene rings is 2. The molecule has 22 heavy (non-hydrogen) atoms. The number of hydroxylamine groups is 3. The minimum Gasteiger partial charge on any atom is -0.633 e. The van der Waals surface area contributed by atoms with Gasteiger partial charge in [0.1, 0.15) is 18.3 Å². The van der Waals surface area contributed by atoms with Crippen molar-refractivity contribution in [1.82, 2.24) is 0 Å². The normalized spacial score (nSPS) is 26.6. The maximum atomic E-state index is 12.5. The third kappa shape index (κ3) is 2.16. The molecule has 0 amide bonds. The van der Waals surface area contributed by atoms with E-state index in [0.29, 0.717) is 18.8 Å². The monoisotopic (exact) mass is 296 g/mol. The van der Waals surface area contributed by atoms with E-state index in [-0.39, 0.29) is 10.7 Å². The molecule has 0 radical (unpaired) electrons. The summed E-state index contributed by atoms with van der Waals surface area (Å²) in [6.07, 6.45) is 0.801. The van der Waals surface area contributed by atoms with Gasteiger partial charge in [-0.1, -0.05) is 24.3 Å². The van der Waals surface area contributed by atoms with Gasteiger partial charge >= 0.3 is 0 Å². The van der Waals surface area contributed by atoms with Gasteiger partial charge in [0.05, 0.1) is 20.1 Å². The fourth-order valence-corrected chi connectivity index (χ4v) is 3.80. The summed E-state index contributed by atoms with van der Waals surface area (Å²) in [7, 11) is 1.77. The summed E-state index contributed by atoms with van der Waals surface area (Å²) in [4.78, 5) is 2.35. The molecule has 0 saturated carbocycles. The van der Waals surface area contributed by atoms with Crippen LogP contribution in [0.3, 0.4) is 0 Å². The lowest BCUT2D eigenvalue weighted by atomic mass is 9.96. The first-order chi connectivity index (χ1) is 10.5. The van der Waals surface area contributed by atoms with Gasteiger partial charge in [0.15, 0.2) is 0 Å². The molecule has 1 N–H and O–H groups in total. The lowest BCUT2D eigenvalue weighted by Gasteiger charge is -2.50. The van der Waals surface area contributed by atoms with Gasteiger partial charge in [-0.05, 0) is 41.3 Å². The number of rotatable bonds is 0. The first-order valence-electron chi connectivity index (χ1n) is 7.75. The van der Waals surface area contributed by atoms with Crippen molar-refractivity contribution in [2.75, 3.05) is 31.6 Å². The van der Waals surface area contributed by atoms with E-state index in [4.69, 9.17) is 0 Å². The first-order valence-corrected chi connectivity index (χ1v) is 7.75. The van der Waals surface area contributed by atoms with Crippen LogP contribution in [0.15, 0.2) is 42.5 Å². The van der Waals surface area contributed by atoms with Gasteiger partial charge in [-0.3, -0.25) is 0 Å². The lowest BCUT2D eigenvalue weighted by Crippen LogP contribution is -2.55. The zero-order chi connectivity index (χ0) is 15.3. The second-order valence-electron chi connectivity index (χ2n) is 6.60. The van der Waals surface area contributed by atoms with Crippen molar-refractivity contribution in [2.45, 2.75) is 12.5 Å². The van der Waals surface area contributed by atoms with Gasteiger partial charge in [0, 0.05) is 5.69 Å². The van der Waals surface area contributed by atoms with Crippen molar-refractivity contribution in [2.24, 2.45) is 0 Å². The molecule has 0 spiro atoms. The van der Waals surface area contributed by atoms with Crippen LogP contribution in [0.4, 0.5) is 5.69 Å². The van der Waals surface area contributed by atoms with Crippen LogP contribution in [-0.2, 0) is 6.42 Å². The molecule has 0 bridgehead atoms. The Kier molecular flexibility index (Phi) is 2.93. The van der Waals surface area contributed by atoms with E-state index in [0.717, 1.165) is 24.2 Å². The zero-order valence-electron chi connectivity index (χ0n) is 12.7. The average molecular weight is 296 g/mol. The number of piperazine rings is 1. The molecule has 2 aliphatic rings. The largest absolute Gasteiger partial charge is 0.633 e. The molecule has 4 nitrogen and oxygen atoms in total. The standard InChI is InChI=1S/C18H20N2O2/c1-20(22)9-8-19-17-7-6-15(21)11-14(17)10-13-4-2-3-5-16(13)18(19)12-20/h2-7,11,18,21H,8-10,12H2,1H3/t18-,20?/m1/s1. The Hall–Kier alpha value is -2.04. The predicted molar refractivity (Wildman–Crippen MR) is 86.7 cm³/mol. The minimum atomic E-state index is -0.192. The maximum Gasteiger partial charge on any atom is 0.116 e. The maximum absolute atomic E-state index is 12.5. The smallest absolute Gasteiger partial charge is 0.116 e. The topological polar surface area (TPSA) is 46.5 Å². The summed E-state index contributed by atoms with van der Waals surface area (Å²) in [5, 5.41) is 22.4. The minimum absolute atomic E-state index is 0.109. The number of fused-ring (bicyclic) bond motifs is 5. The van der Waals surface area contributed by atoms with Gasteiger partial charge < -0.3 is 19.9 Å². The summed E-state index contributed by atoms with van der Waals surface area (Å²) in [6.45, 7) is 1.91. The molecule has 2 atom stereocenters. The molecule has 2 aromatic carbocycles. The number of quaternary nitrogens is 1. The van der Waals surface area contributed by atoms with E-state index in [1.165, 1.54) is 11.1 Å². The van der Waals surface area contributed by atoms with Crippen molar-refractivity contribution in [3.8, 4) is 5.75 Å². The number of hydrogen-bond donors (Lipinski definition) is 1. The summed E-state index contributed by atoms with van der Waals surface area (Å²) in [5.41, 5.74) is 4.79. The molecule has 4 rings (SSSR count). The fraction of sp³-hybridized carbons (Fsp3) is 0.333. The molecule has 2 aromatic rings. The van der Waals surface area contributed by atoms with E-state index in [2.05, 4.69) is 17.0 Å². The third-order valence-corrected chi connectivity index (χ3v) is 4.92. The highest BCUT2D eigenvalue weighted by Gasteiger charge is 2.36. The van der Waals surface area contributed by atoms with Crippen molar-refractivity contribution in [1.29, 1.82) is 0 Å². The van der Waals surface area contributed by atoms with E-state index in [1.54, 1.807) is 13.1 Å². The van der Waals surface area contributed by atoms with Crippen LogP contribution in [0.25, 0.3) is 0 Å². The molecule has 0 aromatic heterocycles. The van der Waals surface area contributed by atoms with Crippen LogP contribution in [0, 0.1) is 5.21 Å². The second kappa shape index (κ2) is 4.73. The Morgan fingerprint density at radius 1 is 1.18 bits per heavy atom. The molecule has 114 valence electrons. The number of hydrogen-bond acceptors (Lipinski definition) is 3.